The molecule has 0 bridgehead atoms. The average Bonchev–Trinajstić information content (AvgIpc) is 3.39. The average molecular weight is 403 g/mol. The summed E-state index contributed by atoms with van der Waals surface area (Å²) < 4.78 is 16.4. The zero-order valence-corrected chi connectivity index (χ0v) is 17.1. The number of hydrogen-bond acceptors (Lipinski definition) is 6. The summed E-state index contributed by atoms with van der Waals surface area (Å²) in [5.41, 5.74) is 0. The molecule has 2 N–H and O–H groups in total. The number of nitrogens with one attached hydrogen (secondary N) is 2. The van der Waals surface area contributed by atoms with E-state index in [1.807, 2.05) is 32.9 Å². The van der Waals surface area contributed by atoms with Crippen LogP contribution in [0, 0.1) is 12.8 Å². The minimum atomic E-state index is -0.670. The van der Waals surface area contributed by atoms with E-state index in [1.54, 1.807) is 12.1 Å². The first kappa shape index (κ1) is 21.1. The Kier molecular flexibility index (Phi) is 7.11. The van der Waals surface area contributed by atoms with Gasteiger partial charge in [-0.3, -0.25) is 14.5 Å². The summed E-state index contributed by atoms with van der Waals surface area (Å²) in [6, 6.07) is 6.31. The molecule has 2 aromatic rings. The summed E-state index contributed by atoms with van der Waals surface area (Å²) >= 11 is 0. The zero-order valence-electron chi connectivity index (χ0n) is 17.1. The third-order valence-electron chi connectivity index (χ3n) is 5.03. The third-order valence-corrected chi connectivity index (χ3v) is 5.03. The molecule has 29 heavy (non-hydrogen) atoms. The van der Waals surface area contributed by atoms with Crippen LogP contribution in [-0.4, -0.2) is 55.6 Å². The van der Waals surface area contributed by atoms with Gasteiger partial charge in [0.25, 0.3) is 5.91 Å². The molecule has 0 aliphatic carbocycles. The summed E-state index contributed by atoms with van der Waals surface area (Å²) in [5.74, 6) is 1.10. The van der Waals surface area contributed by atoms with Crippen LogP contribution in [0.4, 0.5) is 0 Å². The fourth-order valence-corrected chi connectivity index (χ4v) is 3.39. The highest BCUT2D eigenvalue weighted by Gasteiger charge is 2.29. The van der Waals surface area contributed by atoms with Crippen molar-refractivity contribution in [1.82, 2.24) is 15.5 Å². The van der Waals surface area contributed by atoms with Gasteiger partial charge < -0.3 is 24.2 Å². The number of morpholine rings is 1. The third kappa shape index (κ3) is 5.48. The Morgan fingerprint density at radius 3 is 2.52 bits per heavy atom. The van der Waals surface area contributed by atoms with E-state index in [0.29, 0.717) is 19.8 Å². The first-order chi connectivity index (χ1) is 14.0. The van der Waals surface area contributed by atoms with E-state index in [-0.39, 0.29) is 23.6 Å². The van der Waals surface area contributed by atoms with E-state index in [1.165, 1.54) is 6.26 Å². The van der Waals surface area contributed by atoms with Gasteiger partial charge in [0.15, 0.2) is 5.76 Å². The molecular formula is C21H29N3O5. The predicted molar refractivity (Wildman–Crippen MR) is 106 cm³/mol. The van der Waals surface area contributed by atoms with Gasteiger partial charge >= 0.3 is 0 Å². The number of furan rings is 2. The van der Waals surface area contributed by atoms with Gasteiger partial charge in [-0.15, -0.1) is 0 Å². The Labute approximate surface area is 170 Å². The zero-order chi connectivity index (χ0) is 20.8. The van der Waals surface area contributed by atoms with Crippen molar-refractivity contribution in [2.24, 2.45) is 5.92 Å². The molecule has 2 unspecified atom stereocenters. The number of nitrogens with zero attached hydrogens (tertiary/aromatic N) is 1. The van der Waals surface area contributed by atoms with Gasteiger partial charge in [0.1, 0.15) is 17.6 Å². The van der Waals surface area contributed by atoms with Gasteiger partial charge in [-0.05, 0) is 37.1 Å². The molecule has 3 heterocycles. The summed E-state index contributed by atoms with van der Waals surface area (Å²) in [5, 5.41) is 5.76. The van der Waals surface area contributed by atoms with Crippen LogP contribution in [0.3, 0.4) is 0 Å². The number of aryl methyl sites for hydroxylation is 1. The summed E-state index contributed by atoms with van der Waals surface area (Å²) in [4.78, 5) is 27.4. The standard InChI is InChI=1S/C21H29N3O5/c1-14(2)19(23-20(25)18-5-4-10-28-18)21(26)22-13-16(17-7-6-15(3)29-17)24-8-11-27-12-9-24/h4-7,10,14,16,19H,8-9,11-13H2,1-3H3,(H,22,26)(H,23,25). The number of ether oxygens (including phenoxy) is 1. The van der Waals surface area contributed by atoms with Crippen LogP contribution in [0.15, 0.2) is 39.4 Å². The quantitative estimate of drug-likeness (QED) is 0.701. The van der Waals surface area contributed by atoms with Gasteiger partial charge in [0.05, 0.1) is 25.5 Å². The number of amides is 2. The van der Waals surface area contributed by atoms with Crippen molar-refractivity contribution in [3.63, 3.8) is 0 Å². The van der Waals surface area contributed by atoms with E-state index in [4.69, 9.17) is 13.6 Å². The summed E-state index contributed by atoms with van der Waals surface area (Å²) in [6.07, 6.45) is 1.43. The molecule has 3 rings (SSSR count). The monoisotopic (exact) mass is 403 g/mol. The maximum atomic E-state index is 12.9. The van der Waals surface area contributed by atoms with E-state index in [0.717, 1.165) is 24.6 Å². The SMILES string of the molecule is Cc1ccc(C(CNC(=O)C(NC(=O)c2ccco2)C(C)C)N2CCOCC2)o1. The van der Waals surface area contributed by atoms with Crippen LogP contribution in [0.25, 0.3) is 0 Å². The first-order valence-corrected chi connectivity index (χ1v) is 9.96. The van der Waals surface area contributed by atoms with Crippen LogP contribution in [-0.2, 0) is 9.53 Å². The minimum absolute atomic E-state index is 0.0818. The van der Waals surface area contributed by atoms with Gasteiger partial charge in [0.2, 0.25) is 5.91 Å². The lowest BCUT2D eigenvalue weighted by Crippen LogP contribution is -2.51. The summed E-state index contributed by atoms with van der Waals surface area (Å²) in [7, 11) is 0. The molecule has 8 heteroatoms. The van der Waals surface area contributed by atoms with Crippen LogP contribution in [0.1, 0.15) is 42.0 Å². The predicted octanol–water partition coefficient (Wildman–Crippen LogP) is 2.13. The lowest BCUT2D eigenvalue weighted by Gasteiger charge is -2.34. The lowest BCUT2D eigenvalue weighted by molar-refractivity contribution is -0.124. The molecule has 1 aliphatic rings. The molecule has 158 valence electrons. The second-order valence-electron chi connectivity index (χ2n) is 7.53. The molecule has 0 aromatic carbocycles. The second kappa shape index (κ2) is 9.76. The number of carbonyl (C=O) groups excluding carboxylic acids is 2. The maximum absolute atomic E-state index is 12.9. The lowest BCUT2D eigenvalue weighted by atomic mass is 10.0. The van der Waals surface area contributed by atoms with Crippen molar-refractivity contribution in [1.29, 1.82) is 0 Å². The Balaban J connectivity index is 1.66. The Hall–Kier alpha value is -2.58. The van der Waals surface area contributed by atoms with Crippen LogP contribution < -0.4 is 10.6 Å². The molecule has 1 aliphatic heterocycles. The number of rotatable bonds is 8. The topological polar surface area (TPSA) is 97.0 Å². The minimum Gasteiger partial charge on any atom is -0.465 e. The highest BCUT2D eigenvalue weighted by Crippen LogP contribution is 2.23. The van der Waals surface area contributed by atoms with Crippen molar-refractivity contribution in [2.75, 3.05) is 32.8 Å². The molecule has 0 spiro atoms. The Bertz CT molecular complexity index is 793. The van der Waals surface area contributed by atoms with Crippen molar-refractivity contribution >= 4 is 11.8 Å². The van der Waals surface area contributed by atoms with E-state index >= 15 is 0 Å². The van der Waals surface area contributed by atoms with Crippen molar-refractivity contribution < 1.29 is 23.2 Å². The molecule has 1 saturated heterocycles. The first-order valence-electron chi connectivity index (χ1n) is 9.96. The van der Waals surface area contributed by atoms with Gasteiger partial charge in [-0.2, -0.15) is 0 Å². The van der Waals surface area contributed by atoms with E-state index < -0.39 is 11.9 Å². The van der Waals surface area contributed by atoms with Crippen molar-refractivity contribution in [3.8, 4) is 0 Å². The smallest absolute Gasteiger partial charge is 0.287 e. The van der Waals surface area contributed by atoms with Gasteiger partial charge in [-0.25, -0.2) is 0 Å². The van der Waals surface area contributed by atoms with Crippen molar-refractivity contribution in [2.45, 2.75) is 32.9 Å². The van der Waals surface area contributed by atoms with Crippen LogP contribution >= 0.6 is 0 Å². The second-order valence-corrected chi connectivity index (χ2v) is 7.53. The molecule has 2 amide bonds. The fraction of sp³-hybridized carbons (Fsp3) is 0.524. The molecule has 2 atom stereocenters. The Morgan fingerprint density at radius 1 is 1.17 bits per heavy atom. The fourth-order valence-electron chi connectivity index (χ4n) is 3.39. The molecular weight excluding hydrogens is 374 g/mol. The molecule has 2 aromatic heterocycles. The van der Waals surface area contributed by atoms with E-state index in [9.17, 15) is 9.59 Å². The highest BCUT2D eigenvalue weighted by molar-refractivity contribution is 5.95. The largest absolute Gasteiger partial charge is 0.465 e. The van der Waals surface area contributed by atoms with Gasteiger partial charge in [-0.1, -0.05) is 13.8 Å². The molecule has 1 fully saturated rings. The van der Waals surface area contributed by atoms with Crippen LogP contribution in [0.2, 0.25) is 0 Å². The number of hydrogen-bond donors (Lipinski definition) is 2. The van der Waals surface area contributed by atoms with E-state index in [2.05, 4.69) is 15.5 Å². The van der Waals surface area contributed by atoms with Crippen molar-refractivity contribution in [3.05, 3.63) is 47.8 Å². The number of carbonyl (C=O) groups is 2. The molecule has 0 radical (unpaired) electrons. The highest BCUT2D eigenvalue weighted by atomic mass is 16.5. The molecule has 8 nitrogen and oxygen atoms in total. The van der Waals surface area contributed by atoms with Gasteiger partial charge in [0, 0.05) is 19.6 Å². The summed E-state index contributed by atoms with van der Waals surface area (Å²) in [6.45, 7) is 8.90. The normalized spacial score (nSPS) is 17.1. The van der Waals surface area contributed by atoms with Crippen LogP contribution in [0.5, 0.6) is 0 Å². The molecule has 0 saturated carbocycles. The Morgan fingerprint density at radius 2 is 1.93 bits per heavy atom. The maximum Gasteiger partial charge on any atom is 0.287 e.